The Labute approximate surface area is 141 Å². The van der Waals surface area contributed by atoms with Gasteiger partial charge in [-0.15, -0.1) is 0 Å². The predicted octanol–water partition coefficient (Wildman–Crippen LogP) is 2.22. The van der Waals surface area contributed by atoms with Gasteiger partial charge >= 0.3 is 0 Å². The van der Waals surface area contributed by atoms with E-state index >= 15 is 0 Å². The number of aryl methyl sites for hydroxylation is 1. The van der Waals surface area contributed by atoms with Gasteiger partial charge in [0.05, 0.1) is 6.20 Å². The van der Waals surface area contributed by atoms with E-state index in [9.17, 15) is 9.18 Å². The number of amides is 1. The van der Waals surface area contributed by atoms with Crippen LogP contribution in [0.15, 0.2) is 36.7 Å². The van der Waals surface area contributed by atoms with E-state index in [0.29, 0.717) is 6.42 Å². The Morgan fingerprint density at radius 2 is 2.04 bits per heavy atom. The smallest absolute Gasteiger partial charge is 0.222 e. The van der Waals surface area contributed by atoms with Crippen molar-refractivity contribution >= 4 is 5.91 Å². The molecule has 3 rings (SSSR count). The number of benzene rings is 1. The minimum atomic E-state index is -0.195. The minimum Gasteiger partial charge on any atom is -0.340 e. The van der Waals surface area contributed by atoms with Crippen LogP contribution < -0.4 is 0 Å². The molecule has 0 unspecified atom stereocenters. The van der Waals surface area contributed by atoms with E-state index in [1.54, 1.807) is 18.3 Å². The topological polar surface area (TPSA) is 52.2 Å². The molecule has 1 aromatic carbocycles. The Hall–Kier alpha value is -2.21. The van der Waals surface area contributed by atoms with Crippen LogP contribution in [0.3, 0.4) is 0 Å². The van der Waals surface area contributed by atoms with Crippen LogP contribution >= 0.6 is 0 Å². The fourth-order valence-electron chi connectivity index (χ4n) is 3.07. The lowest BCUT2D eigenvalue weighted by atomic mass is 10.1. The summed E-state index contributed by atoms with van der Waals surface area (Å²) < 4.78 is 13.2. The Morgan fingerprint density at radius 1 is 1.21 bits per heavy atom. The van der Waals surface area contributed by atoms with Crippen molar-refractivity contribution in [2.45, 2.75) is 25.8 Å². The van der Waals surface area contributed by atoms with Crippen LogP contribution in [0, 0.1) is 5.82 Å². The standard InChI is InChI=1S/C18H23FN4O/c19-17-5-1-3-15(11-17)14-22-7-9-23(10-8-22)18(24)6-2-4-16-12-20-21-13-16/h1,3,5,11-13H,2,4,6-10,14H2,(H,20,21). The first kappa shape index (κ1) is 16.6. The van der Waals surface area contributed by atoms with Crippen LogP contribution in [0.5, 0.6) is 0 Å². The molecule has 1 aliphatic rings. The lowest BCUT2D eigenvalue weighted by molar-refractivity contribution is -0.133. The molecule has 1 aliphatic heterocycles. The Bertz CT molecular complexity index is 651. The molecule has 0 bridgehead atoms. The van der Waals surface area contributed by atoms with E-state index in [-0.39, 0.29) is 11.7 Å². The van der Waals surface area contributed by atoms with E-state index in [0.717, 1.165) is 56.7 Å². The zero-order chi connectivity index (χ0) is 16.8. The zero-order valence-corrected chi connectivity index (χ0v) is 13.7. The van der Waals surface area contributed by atoms with Gasteiger partial charge in [0.25, 0.3) is 0 Å². The Kier molecular flexibility index (Phi) is 5.59. The van der Waals surface area contributed by atoms with Gasteiger partial charge in [0.15, 0.2) is 0 Å². The molecule has 2 heterocycles. The highest BCUT2D eigenvalue weighted by Crippen LogP contribution is 2.12. The van der Waals surface area contributed by atoms with Crippen LogP contribution in [0.4, 0.5) is 4.39 Å². The number of hydrogen-bond donors (Lipinski definition) is 1. The summed E-state index contributed by atoms with van der Waals surface area (Å²) in [6.45, 7) is 3.91. The summed E-state index contributed by atoms with van der Waals surface area (Å²) in [5.74, 6) is 0.0304. The number of hydrogen-bond acceptors (Lipinski definition) is 3. The van der Waals surface area contributed by atoms with Crippen molar-refractivity contribution in [1.29, 1.82) is 0 Å². The first-order chi connectivity index (χ1) is 11.7. The third-order valence-electron chi connectivity index (χ3n) is 4.43. The summed E-state index contributed by atoms with van der Waals surface area (Å²) in [4.78, 5) is 16.5. The molecule has 0 atom stereocenters. The molecule has 1 amide bonds. The second-order valence-electron chi connectivity index (χ2n) is 6.25. The second-order valence-corrected chi connectivity index (χ2v) is 6.25. The Morgan fingerprint density at radius 3 is 2.75 bits per heavy atom. The normalized spacial score (nSPS) is 15.6. The average molecular weight is 330 g/mol. The summed E-state index contributed by atoms with van der Waals surface area (Å²) in [7, 11) is 0. The van der Waals surface area contributed by atoms with Crippen molar-refractivity contribution in [3.05, 3.63) is 53.6 Å². The molecule has 1 fully saturated rings. The van der Waals surface area contributed by atoms with Crippen molar-refractivity contribution in [3.63, 3.8) is 0 Å². The SMILES string of the molecule is O=C(CCCc1cn[nH]c1)N1CCN(Cc2cccc(F)c2)CC1. The van der Waals surface area contributed by atoms with E-state index < -0.39 is 0 Å². The molecule has 5 nitrogen and oxygen atoms in total. The maximum absolute atomic E-state index is 13.2. The molecule has 6 heteroatoms. The fraction of sp³-hybridized carbons (Fsp3) is 0.444. The molecule has 24 heavy (non-hydrogen) atoms. The number of halogens is 1. The molecule has 0 radical (unpaired) electrons. The van der Waals surface area contributed by atoms with Crippen molar-refractivity contribution in [2.75, 3.05) is 26.2 Å². The first-order valence-corrected chi connectivity index (χ1v) is 8.43. The van der Waals surface area contributed by atoms with Gasteiger partial charge in [-0.25, -0.2) is 4.39 Å². The van der Waals surface area contributed by atoms with Gasteiger partial charge in [-0.1, -0.05) is 12.1 Å². The van der Waals surface area contributed by atoms with E-state index in [2.05, 4.69) is 15.1 Å². The predicted molar refractivity (Wildman–Crippen MR) is 89.8 cm³/mol. The first-order valence-electron chi connectivity index (χ1n) is 8.43. The van der Waals surface area contributed by atoms with Crippen LogP contribution in [-0.2, 0) is 17.8 Å². The van der Waals surface area contributed by atoms with Crippen LogP contribution in [0.2, 0.25) is 0 Å². The third kappa shape index (κ3) is 4.64. The number of nitrogens with one attached hydrogen (secondary N) is 1. The molecule has 0 aliphatic carbocycles. The van der Waals surface area contributed by atoms with Gasteiger partial charge in [-0.3, -0.25) is 14.8 Å². The maximum atomic E-state index is 13.2. The number of carbonyl (C=O) groups excluding carboxylic acids is 1. The average Bonchev–Trinajstić information content (AvgIpc) is 3.09. The van der Waals surface area contributed by atoms with Crippen molar-refractivity contribution in [1.82, 2.24) is 20.0 Å². The number of aromatic nitrogens is 2. The summed E-state index contributed by atoms with van der Waals surface area (Å²) >= 11 is 0. The minimum absolute atomic E-state index is 0.195. The van der Waals surface area contributed by atoms with Gasteiger partial charge in [-0.05, 0) is 36.1 Å². The van der Waals surface area contributed by atoms with E-state index in [4.69, 9.17) is 0 Å². The van der Waals surface area contributed by atoms with Gasteiger partial charge < -0.3 is 4.90 Å². The van der Waals surface area contributed by atoms with E-state index in [1.807, 2.05) is 17.2 Å². The second kappa shape index (κ2) is 8.06. The lowest BCUT2D eigenvalue weighted by Crippen LogP contribution is -2.48. The fourth-order valence-corrected chi connectivity index (χ4v) is 3.07. The quantitative estimate of drug-likeness (QED) is 0.883. The molecule has 1 aromatic heterocycles. The number of rotatable bonds is 6. The van der Waals surface area contributed by atoms with Gasteiger partial charge in [0.2, 0.25) is 5.91 Å². The van der Waals surface area contributed by atoms with Crippen molar-refractivity contribution in [3.8, 4) is 0 Å². The van der Waals surface area contributed by atoms with Crippen molar-refractivity contribution < 1.29 is 9.18 Å². The molecule has 0 saturated carbocycles. The highest BCUT2D eigenvalue weighted by atomic mass is 19.1. The summed E-state index contributed by atoms with van der Waals surface area (Å²) in [6, 6.07) is 6.72. The molecule has 128 valence electrons. The summed E-state index contributed by atoms with van der Waals surface area (Å²) in [5.41, 5.74) is 2.12. The maximum Gasteiger partial charge on any atom is 0.222 e. The number of piperazine rings is 1. The molecular weight excluding hydrogens is 307 g/mol. The molecular formula is C18H23FN4O. The van der Waals surface area contributed by atoms with Crippen LogP contribution in [0.1, 0.15) is 24.0 Å². The van der Waals surface area contributed by atoms with Gasteiger partial charge in [0.1, 0.15) is 5.82 Å². The monoisotopic (exact) mass is 330 g/mol. The molecule has 1 saturated heterocycles. The Balaban J connectivity index is 1.38. The van der Waals surface area contributed by atoms with Gasteiger partial charge in [-0.2, -0.15) is 5.10 Å². The van der Waals surface area contributed by atoms with Crippen LogP contribution in [-0.4, -0.2) is 52.1 Å². The van der Waals surface area contributed by atoms with Crippen molar-refractivity contribution in [2.24, 2.45) is 0 Å². The lowest BCUT2D eigenvalue weighted by Gasteiger charge is -2.34. The third-order valence-corrected chi connectivity index (χ3v) is 4.43. The van der Waals surface area contributed by atoms with E-state index in [1.165, 1.54) is 6.07 Å². The number of H-pyrrole nitrogens is 1. The number of aromatic amines is 1. The highest BCUT2D eigenvalue weighted by Gasteiger charge is 2.20. The largest absolute Gasteiger partial charge is 0.340 e. The molecule has 0 spiro atoms. The molecule has 2 aromatic rings. The summed E-state index contributed by atoms with van der Waals surface area (Å²) in [5, 5.41) is 6.69. The number of nitrogens with zero attached hydrogens (tertiary/aromatic N) is 3. The van der Waals surface area contributed by atoms with Crippen LogP contribution in [0.25, 0.3) is 0 Å². The number of carbonyl (C=O) groups is 1. The molecule has 1 N–H and O–H groups in total. The highest BCUT2D eigenvalue weighted by molar-refractivity contribution is 5.76. The zero-order valence-electron chi connectivity index (χ0n) is 13.7. The summed E-state index contributed by atoms with van der Waals surface area (Å²) in [6.07, 6.45) is 5.98. The van der Waals surface area contributed by atoms with Gasteiger partial charge in [0, 0.05) is 45.3 Å².